The van der Waals surface area contributed by atoms with Crippen molar-refractivity contribution in [2.75, 3.05) is 24.6 Å². The Labute approximate surface area is 130 Å². The van der Waals surface area contributed by atoms with Gasteiger partial charge in [0.05, 0.1) is 12.2 Å². The van der Waals surface area contributed by atoms with Crippen LogP contribution in [0, 0.1) is 5.41 Å². The van der Waals surface area contributed by atoms with Gasteiger partial charge in [0.1, 0.15) is 0 Å². The summed E-state index contributed by atoms with van der Waals surface area (Å²) in [5.74, 6) is 0. The molecule has 5 nitrogen and oxygen atoms in total. The molecule has 2 aliphatic rings. The monoisotopic (exact) mass is 337 g/mol. The maximum absolute atomic E-state index is 12.6. The second-order valence-corrected chi connectivity index (χ2v) is 6.76. The minimum absolute atomic E-state index is 0.0507. The number of aliphatic hydroxyl groups is 1. The molecule has 1 saturated carbocycles. The first kappa shape index (κ1) is 15.9. The Kier molecular flexibility index (Phi) is 4.07. The molecule has 0 radical (unpaired) electrons. The lowest BCUT2D eigenvalue weighted by Crippen LogP contribution is -2.62. The molecule has 0 aromatic carbocycles. The molecule has 1 aliphatic heterocycles. The Morgan fingerprint density at radius 3 is 2.55 bits per heavy atom. The van der Waals surface area contributed by atoms with Gasteiger partial charge in [-0.25, -0.2) is 0 Å². The fourth-order valence-electron chi connectivity index (χ4n) is 3.39. The number of aliphatic hydroxyl groups excluding tert-OH is 1. The number of ether oxygens (including phenoxy) is 1. The number of anilines is 1. The van der Waals surface area contributed by atoms with Gasteiger partial charge in [-0.3, -0.25) is 0 Å². The van der Waals surface area contributed by atoms with Crippen LogP contribution in [0.1, 0.15) is 31.2 Å². The van der Waals surface area contributed by atoms with E-state index in [1.165, 1.54) is 0 Å². The number of nitrogens with zero attached hydrogens (tertiary/aromatic N) is 3. The van der Waals surface area contributed by atoms with E-state index in [1.807, 2.05) is 11.8 Å². The molecule has 2 atom stereocenters. The van der Waals surface area contributed by atoms with Crippen LogP contribution in [0.5, 0.6) is 0 Å². The highest BCUT2D eigenvalue weighted by Gasteiger charge is 2.56. The van der Waals surface area contributed by atoms with Crippen LogP contribution < -0.4 is 4.90 Å². The predicted octanol–water partition coefficient (Wildman–Crippen LogP) is 2.31. The summed E-state index contributed by atoms with van der Waals surface area (Å²) < 4.78 is 43.4. The molecule has 1 aromatic heterocycles. The molecule has 0 unspecified atom stereocenters. The second kappa shape index (κ2) is 5.61. The third kappa shape index (κ3) is 2.59. The van der Waals surface area contributed by atoms with Gasteiger partial charge in [0, 0.05) is 31.5 Å². The topological polar surface area (TPSA) is 58.5 Å². The minimum atomic E-state index is -4.45. The van der Waals surface area contributed by atoms with Crippen LogP contribution in [-0.2, 0) is 10.9 Å². The summed E-state index contributed by atoms with van der Waals surface area (Å²) in [6, 6.07) is 0. The van der Waals surface area contributed by atoms with Crippen molar-refractivity contribution in [3.63, 3.8) is 0 Å². The van der Waals surface area contributed by atoms with E-state index in [9.17, 15) is 18.3 Å². The third-order valence-corrected chi connectivity index (χ3v) is 5.76. The molecule has 1 saturated heterocycles. The summed E-state index contributed by atoms with van der Waals surface area (Å²) >= 11 is 0.569. The lowest BCUT2D eigenvalue weighted by molar-refractivity contribution is -0.199. The predicted molar refractivity (Wildman–Crippen MR) is 74.8 cm³/mol. The molecule has 3 rings (SSSR count). The molecule has 0 amide bonds. The van der Waals surface area contributed by atoms with Crippen LogP contribution in [0.4, 0.5) is 18.3 Å². The number of alkyl halides is 3. The molecule has 1 N–H and O–H groups in total. The summed E-state index contributed by atoms with van der Waals surface area (Å²) in [4.78, 5) is 1.81. The smallest absolute Gasteiger partial charge is 0.392 e. The second-order valence-electron chi connectivity index (χ2n) is 5.80. The van der Waals surface area contributed by atoms with Crippen molar-refractivity contribution in [3.8, 4) is 0 Å². The molecule has 0 bridgehead atoms. The first-order valence-corrected chi connectivity index (χ1v) is 8.14. The third-order valence-electron chi connectivity index (χ3n) is 4.73. The number of hydrogen-bond acceptors (Lipinski definition) is 6. The zero-order valence-electron chi connectivity index (χ0n) is 12.1. The number of aromatic nitrogens is 2. The number of piperidine rings is 1. The van der Waals surface area contributed by atoms with E-state index < -0.39 is 11.2 Å². The van der Waals surface area contributed by atoms with Gasteiger partial charge in [-0.2, -0.15) is 13.2 Å². The van der Waals surface area contributed by atoms with Gasteiger partial charge in [-0.05, 0) is 19.8 Å². The van der Waals surface area contributed by atoms with Crippen LogP contribution in [-0.4, -0.2) is 47.2 Å². The lowest BCUT2D eigenvalue weighted by Gasteiger charge is -2.56. The molecular formula is C13H18F3N3O2S. The van der Waals surface area contributed by atoms with E-state index in [1.54, 1.807) is 0 Å². The Bertz CT molecular complexity index is 527. The minimum Gasteiger partial charge on any atom is -0.392 e. The average molecular weight is 337 g/mol. The zero-order chi connectivity index (χ0) is 16.0. The van der Waals surface area contributed by atoms with Crippen LogP contribution in [0.3, 0.4) is 0 Å². The highest BCUT2D eigenvalue weighted by Crippen LogP contribution is 2.51. The van der Waals surface area contributed by atoms with Crippen molar-refractivity contribution in [2.24, 2.45) is 5.41 Å². The highest BCUT2D eigenvalue weighted by atomic mass is 32.1. The fraction of sp³-hybridized carbons (Fsp3) is 0.846. The highest BCUT2D eigenvalue weighted by molar-refractivity contribution is 7.15. The molecule has 1 aromatic rings. The lowest BCUT2D eigenvalue weighted by atomic mass is 9.58. The number of rotatable bonds is 3. The van der Waals surface area contributed by atoms with Crippen molar-refractivity contribution in [1.82, 2.24) is 10.2 Å². The normalized spacial score (nSPS) is 28.0. The number of hydrogen-bond donors (Lipinski definition) is 1. The van der Waals surface area contributed by atoms with Gasteiger partial charge in [0.2, 0.25) is 10.1 Å². The van der Waals surface area contributed by atoms with Crippen LogP contribution in [0.2, 0.25) is 0 Å². The van der Waals surface area contributed by atoms with Crippen LogP contribution >= 0.6 is 11.3 Å². The maximum atomic E-state index is 12.6. The summed E-state index contributed by atoms with van der Waals surface area (Å²) in [7, 11) is 0. The van der Waals surface area contributed by atoms with Crippen molar-refractivity contribution in [1.29, 1.82) is 0 Å². The van der Waals surface area contributed by atoms with Gasteiger partial charge < -0.3 is 14.7 Å². The summed E-state index contributed by atoms with van der Waals surface area (Å²) in [5, 5.41) is 16.4. The molecule has 1 spiro atoms. The standard InChI is InChI=1S/C13H18F3N3O2S/c1-2-21-9-7-8(20)12(9)3-5-19(6-4-12)11-18-17-10(22-11)13(14,15)16/h8-9,20H,2-7H2,1H3/t8-,9-/m0/s1. The van der Waals surface area contributed by atoms with Crippen molar-refractivity contribution < 1.29 is 23.0 Å². The summed E-state index contributed by atoms with van der Waals surface area (Å²) in [6.07, 6.45) is -2.75. The van der Waals surface area contributed by atoms with Crippen LogP contribution in [0.15, 0.2) is 0 Å². The summed E-state index contributed by atoms with van der Waals surface area (Å²) in [6.45, 7) is 3.65. The maximum Gasteiger partial charge on any atom is 0.445 e. The first-order valence-electron chi connectivity index (χ1n) is 7.32. The number of halogens is 3. The quantitative estimate of drug-likeness (QED) is 0.917. The molecular weight excluding hydrogens is 319 g/mol. The Morgan fingerprint density at radius 1 is 1.36 bits per heavy atom. The van der Waals surface area contributed by atoms with Gasteiger partial charge in [0.15, 0.2) is 0 Å². The Hall–Kier alpha value is -0.930. The van der Waals surface area contributed by atoms with Crippen molar-refractivity contribution >= 4 is 16.5 Å². The molecule has 9 heteroatoms. The van der Waals surface area contributed by atoms with E-state index in [4.69, 9.17) is 4.74 Å². The van der Waals surface area contributed by atoms with Gasteiger partial charge >= 0.3 is 6.18 Å². The van der Waals surface area contributed by atoms with Crippen LogP contribution in [0.25, 0.3) is 0 Å². The van der Waals surface area contributed by atoms with E-state index in [0.717, 1.165) is 0 Å². The van der Waals surface area contributed by atoms with Gasteiger partial charge in [0.25, 0.3) is 0 Å². The molecule has 124 valence electrons. The first-order chi connectivity index (χ1) is 10.4. The summed E-state index contributed by atoms with van der Waals surface area (Å²) in [5.41, 5.74) is -0.246. The Morgan fingerprint density at radius 2 is 2.05 bits per heavy atom. The van der Waals surface area contributed by atoms with E-state index in [2.05, 4.69) is 10.2 Å². The fourth-order valence-corrected chi connectivity index (χ4v) is 4.15. The Balaban J connectivity index is 1.65. The largest absolute Gasteiger partial charge is 0.445 e. The SMILES string of the molecule is CCO[C@H]1C[C@H](O)C12CCN(c1nnc(C(F)(F)F)s1)CC2. The molecule has 2 heterocycles. The zero-order valence-corrected chi connectivity index (χ0v) is 13.0. The van der Waals surface area contributed by atoms with Gasteiger partial charge in [-0.1, -0.05) is 11.3 Å². The van der Waals surface area contributed by atoms with E-state index in [-0.39, 0.29) is 17.6 Å². The average Bonchev–Trinajstić information content (AvgIpc) is 2.97. The molecule has 22 heavy (non-hydrogen) atoms. The van der Waals surface area contributed by atoms with Crippen molar-refractivity contribution in [3.05, 3.63) is 5.01 Å². The molecule has 1 aliphatic carbocycles. The molecule has 2 fully saturated rings. The van der Waals surface area contributed by atoms with Gasteiger partial charge in [-0.15, -0.1) is 10.2 Å². The van der Waals surface area contributed by atoms with Crippen molar-refractivity contribution in [2.45, 2.75) is 44.6 Å². The van der Waals surface area contributed by atoms with E-state index >= 15 is 0 Å². The van der Waals surface area contributed by atoms with E-state index in [0.29, 0.717) is 55.4 Å².